The van der Waals surface area contributed by atoms with E-state index >= 15 is 0 Å². The van der Waals surface area contributed by atoms with Gasteiger partial charge in [-0.2, -0.15) is 0 Å². The Morgan fingerprint density at radius 3 is 1.91 bits per heavy atom. The number of hydrogen-bond donors (Lipinski definition) is 1. The van der Waals surface area contributed by atoms with Crippen LogP contribution >= 0.6 is 7.82 Å². The van der Waals surface area contributed by atoms with Crippen LogP contribution in [-0.4, -0.2) is 86.9 Å². The molecule has 2 atom stereocenters. The lowest BCUT2D eigenvalue weighted by Gasteiger charge is -2.28. The summed E-state index contributed by atoms with van der Waals surface area (Å²) in [5, 5.41) is 0. The molecule has 0 bridgehead atoms. The van der Waals surface area contributed by atoms with Gasteiger partial charge in [-0.25, -0.2) is 4.57 Å². The number of unbranched alkanes of at least 4 members (excludes halogenated alkanes) is 13. The minimum Gasteiger partial charge on any atom is -0.379 e. The molecule has 0 heterocycles. The summed E-state index contributed by atoms with van der Waals surface area (Å²) in [5.41, 5.74) is 1.12. The highest BCUT2D eigenvalue weighted by Gasteiger charge is 2.29. The molecule has 1 aromatic rings. The van der Waals surface area contributed by atoms with Crippen LogP contribution < -0.4 is 0 Å². The Hall–Kier alpha value is -1.28. The molecule has 2 unspecified atom stereocenters. The topological polar surface area (TPSA) is 85.3 Å². The minimum absolute atomic E-state index is 0.0916. The average Bonchev–Trinajstić information content (AvgIpc) is 2.94. The average molecular weight is 628 g/mol. The lowest BCUT2D eigenvalue weighted by Crippen LogP contribution is -2.40. The van der Waals surface area contributed by atoms with Crippen LogP contribution in [0.3, 0.4) is 0 Å². The van der Waals surface area contributed by atoms with Crippen molar-refractivity contribution >= 4 is 13.7 Å². The molecule has 0 aliphatic carbocycles. The van der Waals surface area contributed by atoms with E-state index in [-0.39, 0.29) is 25.7 Å². The molecular formula is C34H64N2O6P+. The predicted molar refractivity (Wildman–Crippen MR) is 177 cm³/mol. The van der Waals surface area contributed by atoms with Crippen molar-refractivity contribution in [3.63, 3.8) is 0 Å². The molecule has 0 saturated heterocycles. The largest absolute Gasteiger partial charge is 0.472 e. The summed E-state index contributed by atoms with van der Waals surface area (Å²) in [6, 6.07) is 9.95. The second kappa shape index (κ2) is 24.0. The van der Waals surface area contributed by atoms with E-state index in [9.17, 15) is 14.3 Å². The van der Waals surface area contributed by atoms with Gasteiger partial charge in [-0.05, 0) is 18.4 Å². The van der Waals surface area contributed by atoms with Gasteiger partial charge in [-0.3, -0.25) is 13.8 Å². The zero-order valence-electron chi connectivity index (χ0n) is 28.1. The van der Waals surface area contributed by atoms with Crippen LogP contribution in [0.25, 0.3) is 0 Å². The Bertz CT molecular complexity index is 864. The predicted octanol–water partition coefficient (Wildman–Crippen LogP) is 7.78. The number of amides is 1. The van der Waals surface area contributed by atoms with Gasteiger partial charge < -0.3 is 19.0 Å². The van der Waals surface area contributed by atoms with Gasteiger partial charge >= 0.3 is 7.82 Å². The van der Waals surface area contributed by atoms with Gasteiger partial charge in [0.1, 0.15) is 19.3 Å². The summed E-state index contributed by atoms with van der Waals surface area (Å²) in [6.07, 6.45) is 18.0. The fourth-order valence-corrected chi connectivity index (χ4v) is 5.79. The lowest BCUT2D eigenvalue weighted by atomic mass is 10.0. The molecule has 1 N–H and O–H groups in total. The molecule has 1 aromatic carbocycles. The van der Waals surface area contributed by atoms with Crippen LogP contribution in [0.15, 0.2) is 30.3 Å². The fraction of sp³-hybridized carbons (Fsp3) is 0.794. The van der Waals surface area contributed by atoms with Crippen LogP contribution in [0.1, 0.15) is 109 Å². The van der Waals surface area contributed by atoms with E-state index in [1.165, 1.54) is 84.0 Å². The van der Waals surface area contributed by atoms with Crippen LogP contribution in [-0.2, 0) is 29.6 Å². The number of phosphoric acid groups is 1. The SMILES string of the molecule is CCCCCCCCCCCCCCCCOCC(CN(CCc1ccccc1)C(C)=O)OP(=O)(O)OCC[N+](C)(C)C. The molecule has 0 spiro atoms. The van der Waals surface area contributed by atoms with E-state index in [0.717, 1.165) is 18.4 Å². The number of benzene rings is 1. The van der Waals surface area contributed by atoms with Crippen molar-refractivity contribution in [2.75, 3.05) is 60.6 Å². The zero-order valence-corrected chi connectivity index (χ0v) is 29.0. The summed E-state index contributed by atoms with van der Waals surface area (Å²) in [5.74, 6) is -0.116. The quantitative estimate of drug-likeness (QED) is 0.0580. The summed E-state index contributed by atoms with van der Waals surface area (Å²) < 4.78 is 30.1. The van der Waals surface area contributed by atoms with Gasteiger partial charge in [0.25, 0.3) is 0 Å². The maximum atomic E-state index is 12.8. The van der Waals surface area contributed by atoms with E-state index in [2.05, 4.69) is 6.92 Å². The number of hydrogen-bond acceptors (Lipinski definition) is 5. The molecule has 0 aromatic heterocycles. The highest BCUT2D eigenvalue weighted by atomic mass is 31.2. The Kier molecular flexibility index (Phi) is 22.2. The van der Waals surface area contributed by atoms with Crippen molar-refractivity contribution in [3.05, 3.63) is 35.9 Å². The van der Waals surface area contributed by atoms with Gasteiger partial charge in [0.05, 0.1) is 27.7 Å². The van der Waals surface area contributed by atoms with Gasteiger partial charge in [-0.15, -0.1) is 0 Å². The molecule has 1 amide bonds. The monoisotopic (exact) mass is 627 g/mol. The summed E-state index contributed by atoms with van der Waals surface area (Å²) in [7, 11) is 1.63. The van der Waals surface area contributed by atoms with E-state index < -0.39 is 13.9 Å². The normalized spacial score (nSPS) is 14.0. The minimum atomic E-state index is -4.32. The van der Waals surface area contributed by atoms with Gasteiger partial charge in [-0.1, -0.05) is 121 Å². The van der Waals surface area contributed by atoms with Crippen LogP contribution in [0.2, 0.25) is 0 Å². The number of nitrogens with zero attached hydrogens (tertiary/aromatic N) is 2. The maximum Gasteiger partial charge on any atom is 0.472 e. The third-order valence-corrected chi connectivity index (χ3v) is 8.70. The van der Waals surface area contributed by atoms with Crippen LogP contribution in [0, 0.1) is 0 Å². The van der Waals surface area contributed by atoms with Crippen molar-refractivity contribution in [2.24, 2.45) is 0 Å². The molecule has 0 aliphatic rings. The number of quaternary nitrogens is 1. The second-order valence-electron chi connectivity index (χ2n) is 12.9. The van der Waals surface area contributed by atoms with Crippen molar-refractivity contribution in [2.45, 2.75) is 116 Å². The molecule has 0 aliphatic heterocycles. The third kappa shape index (κ3) is 23.7. The Morgan fingerprint density at radius 2 is 1.40 bits per heavy atom. The number of carbonyl (C=O) groups is 1. The number of likely N-dealkylation sites (N-methyl/N-ethyl adjacent to an activating group) is 1. The molecule has 0 saturated carbocycles. The van der Waals surface area contributed by atoms with Gasteiger partial charge in [0, 0.05) is 26.6 Å². The number of carbonyl (C=O) groups excluding carboxylic acids is 1. The third-order valence-electron chi connectivity index (χ3n) is 7.63. The molecule has 43 heavy (non-hydrogen) atoms. The van der Waals surface area contributed by atoms with Crippen LogP contribution in [0.5, 0.6) is 0 Å². The number of ether oxygens (including phenoxy) is 1. The molecule has 9 heteroatoms. The first-order valence-electron chi connectivity index (χ1n) is 16.9. The molecule has 0 radical (unpaired) electrons. The van der Waals surface area contributed by atoms with E-state index in [0.29, 0.717) is 30.6 Å². The van der Waals surface area contributed by atoms with E-state index in [1.54, 1.807) is 4.90 Å². The summed E-state index contributed by atoms with van der Waals surface area (Å²) >= 11 is 0. The first-order valence-corrected chi connectivity index (χ1v) is 18.4. The van der Waals surface area contributed by atoms with E-state index in [4.69, 9.17) is 13.8 Å². The van der Waals surface area contributed by atoms with Crippen molar-refractivity contribution in [3.8, 4) is 0 Å². The summed E-state index contributed by atoms with van der Waals surface area (Å²) in [6.45, 7) is 5.74. The second-order valence-corrected chi connectivity index (χ2v) is 14.3. The molecular weight excluding hydrogens is 563 g/mol. The smallest absolute Gasteiger partial charge is 0.379 e. The van der Waals surface area contributed by atoms with Gasteiger partial charge in [0.2, 0.25) is 5.91 Å². The Balaban J connectivity index is 2.41. The maximum absolute atomic E-state index is 12.8. The fourth-order valence-electron chi connectivity index (χ4n) is 4.91. The van der Waals surface area contributed by atoms with Crippen LogP contribution in [0.4, 0.5) is 0 Å². The molecule has 250 valence electrons. The summed E-state index contributed by atoms with van der Waals surface area (Å²) in [4.78, 5) is 24.5. The number of rotatable bonds is 28. The van der Waals surface area contributed by atoms with Crippen molar-refractivity contribution < 1.29 is 32.5 Å². The molecule has 0 fully saturated rings. The number of phosphoric ester groups is 1. The highest BCUT2D eigenvalue weighted by Crippen LogP contribution is 2.44. The standard InChI is InChI=1S/C34H63N2O6P/c1-6-7-8-9-10-11-12-13-14-15-16-17-18-22-28-40-31-34(42-43(38,39)41-29-27-36(3,4)5)30-35(32(2)37)26-25-33-23-20-19-21-24-33/h19-21,23-24,34H,6-18,22,25-31H2,1-5H3/p+1. The highest BCUT2D eigenvalue weighted by molar-refractivity contribution is 7.47. The Labute approximate surface area is 263 Å². The van der Waals surface area contributed by atoms with Crippen molar-refractivity contribution in [1.82, 2.24) is 4.90 Å². The zero-order chi connectivity index (χ0) is 31.8. The lowest BCUT2D eigenvalue weighted by molar-refractivity contribution is -0.870. The first kappa shape index (κ1) is 39.7. The first-order chi connectivity index (χ1) is 20.5. The van der Waals surface area contributed by atoms with E-state index in [1.807, 2.05) is 51.5 Å². The van der Waals surface area contributed by atoms with Gasteiger partial charge in [0.15, 0.2) is 0 Å². The van der Waals surface area contributed by atoms with Crippen molar-refractivity contribution in [1.29, 1.82) is 0 Å². The Morgan fingerprint density at radius 1 is 0.860 bits per heavy atom. The molecule has 1 rings (SSSR count). The molecule has 8 nitrogen and oxygen atoms in total.